The Morgan fingerprint density at radius 3 is 2.05 bits per heavy atom. The number of amides is 1. The first-order valence-electron chi connectivity index (χ1n) is 7.55. The van der Waals surface area contributed by atoms with Crippen molar-refractivity contribution in [3.05, 3.63) is 0 Å². The monoisotopic (exact) mass is 319 g/mol. The minimum Gasteiger partial charge on any atom is -0.354 e. The lowest BCUT2D eigenvalue weighted by molar-refractivity contribution is -0.130. The Morgan fingerprint density at radius 2 is 1.60 bits per heavy atom. The minimum atomic E-state index is -0.278. The highest BCUT2D eigenvalue weighted by molar-refractivity contribution is 8.77. The van der Waals surface area contributed by atoms with Gasteiger partial charge < -0.3 is 5.32 Å². The number of hydrogen-bond donors (Lipinski definition) is 1. The molecule has 0 aliphatic carbocycles. The van der Waals surface area contributed by atoms with Crippen LogP contribution < -0.4 is 5.32 Å². The van der Waals surface area contributed by atoms with Crippen molar-refractivity contribution in [2.24, 2.45) is 17.3 Å². The molecule has 0 aliphatic rings. The molecule has 0 saturated heterocycles. The molecule has 0 spiro atoms. The summed E-state index contributed by atoms with van der Waals surface area (Å²) in [6.07, 6.45) is 0.925. The SMILES string of the molecule is CC(C)CSSC(C)(C)CNC(=O)C(C)(C)CC(C)C. The van der Waals surface area contributed by atoms with E-state index in [4.69, 9.17) is 0 Å². The zero-order chi connectivity index (χ0) is 16.0. The van der Waals surface area contributed by atoms with Crippen molar-refractivity contribution in [2.45, 2.75) is 66.6 Å². The van der Waals surface area contributed by atoms with E-state index in [1.165, 1.54) is 0 Å². The summed E-state index contributed by atoms with van der Waals surface area (Å²) >= 11 is 0. The van der Waals surface area contributed by atoms with E-state index in [1.807, 2.05) is 35.4 Å². The fraction of sp³-hybridized carbons (Fsp3) is 0.938. The number of carbonyl (C=O) groups excluding carboxylic acids is 1. The highest BCUT2D eigenvalue weighted by Crippen LogP contribution is 2.36. The second-order valence-corrected chi connectivity index (χ2v) is 10.7. The summed E-state index contributed by atoms with van der Waals surface area (Å²) in [7, 11) is 3.78. The van der Waals surface area contributed by atoms with Crippen molar-refractivity contribution in [2.75, 3.05) is 12.3 Å². The largest absolute Gasteiger partial charge is 0.354 e. The van der Waals surface area contributed by atoms with Gasteiger partial charge in [0.15, 0.2) is 0 Å². The molecule has 0 bridgehead atoms. The third-order valence-corrected chi connectivity index (χ3v) is 6.53. The summed E-state index contributed by atoms with van der Waals surface area (Å²) in [5, 5.41) is 3.13. The van der Waals surface area contributed by atoms with Crippen LogP contribution in [0.5, 0.6) is 0 Å². The Morgan fingerprint density at radius 1 is 1.05 bits per heavy atom. The first-order valence-corrected chi connectivity index (χ1v) is 9.87. The van der Waals surface area contributed by atoms with Gasteiger partial charge in [-0.15, -0.1) is 0 Å². The Bertz CT molecular complexity index is 299. The molecule has 0 aromatic rings. The number of hydrogen-bond acceptors (Lipinski definition) is 3. The van der Waals surface area contributed by atoms with Crippen LogP contribution in [0.3, 0.4) is 0 Å². The summed E-state index contributed by atoms with van der Waals surface area (Å²) in [6, 6.07) is 0. The number of carbonyl (C=O) groups is 1. The van der Waals surface area contributed by atoms with Gasteiger partial charge in [0.05, 0.1) is 0 Å². The molecule has 0 unspecified atom stereocenters. The van der Waals surface area contributed by atoms with E-state index in [2.05, 4.69) is 46.9 Å². The molecule has 0 atom stereocenters. The average Bonchev–Trinajstić information content (AvgIpc) is 2.23. The van der Waals surface area contributed by atoms with Gasteiger partial charge in [-0.2, -0.15) is 0 Å². The first-order chi connectivity index (χ1) is 8.96. The highest BCUT2D eigenvalue weighted by atomic mass is 33.1. The van der Waals surface area contributed by atoms with Gasteiger partial charge in [0, 0.05) is 22.5 Å². The fourth-order valence-corrected chi connectivity index (χ4v) is 4.95. The molecule has 2 nitrogen and oxygen atoms in total. The number of nitrogens with one attached hydrogen (secondary N) is 1. The molecule has 20 heavy (non-hydrogen) atoms. The van der Waals surface area contributed by atoms with Gasteiger partial charge in [0.1, 0.15) is 0 Å². The van der Waals surface area contributed by atoms with Crippen molar-refractivity contribution in [1.29, 1.82) is 0 Å². The smallest absolute Gasteiger partial charge is 0.225 e. The van der Waals surface area contributed by atoms with Gasteiger partial charge >= 0.3 is 0 Å². The molecule has 0 radical (unpaired) electrons. The lowest BCUT2D eigenvalue weighted by Crippen LogP contribution is -2.43. The van der Waals surface area contributed by atoms with Crippen molar-refractivity contribution in [1.82, 2.24) is 5.32 Å². The molecule has 0 aromatic heterocycles. The maximum atomic E-state index is 12.3. The van der Waals surface area contributed by atoms with Gasteiger partial charge in [-0.25, -0.2) is 0 Å². The summed E-state index contributed by atoms with van der Waals surface area (Å²) in [5.41, 5.74) is -0.278. The number of rotatable bonds is 9. The van der Waals surface area contributed by atoms with Gasteiger partial charge in [-0.3, -0.25) is 4.79 Å². The van der Waals surface area contributed by atoms with E-state index < -0.39 is 0 Å². The second-order valence-electron chi connectivity index (χ2n) is 7.69. The average molecular weight is 320 g/mol. The lowest BCUT2D eigenvalue weighted by Gasteiger charge is -2.29. The van der Waals surface area contributed by atoms with E-state index in [1.54, 1.807) is 0 Å². The van der Waals surface area contributed by atoms with E-state index in [0.29, 0.717) is 11.8 Å². The maximum Gasteiger partial charge on any atom is 0.225 e. The zero-order valence-corrected chi connectivity index (χ0v) is 16.1. The van der Waals surface area contributed by atoms with Crippen molar-refractivity contribution < 1.29 is 4.79 Å². The van der Waals surface area contributed by atoms with Crippen LogP contribution in [0.25, 0.3) is 0 Å². The molecule has 0 aliphatic heterocycles. The Kier molecular flexibility index (Phi) is 8.65. The van der Waals surface area contributed by atoms with Crippen LogP contribution in [0.2, 0.25) is 0 Å². The summed E-state index contributed by atoms with van der Waals surface area (Å²) in [4.78, 5) is 12.3. The summed E-state index contributed by atoms with van der Waals surface area (Å²) in [6.45, 7) is 18.0. The molecule has 0 saturated carbocycles. The first kappa shape index (κ1) is 20.2. The third-order valence-electron chi connectivity index (χ3n) is 2.89. The van der Waals surface area contributed by atoms with Crippen molar-refractivity contribution >= 4 is 27.5 Å². The fourth-order valence-electron chi connectivity index (χ4n) is 2.00. The molecule has 0 rings (SSSR count). The molecule has 1 N–H and O–H groups in total. The van der Waals surface area contributed by atoms with Gasteiger partial charge in [0.25, 0.3) is 0 Å². The van der Waals surface area contributed by atoms with E-state index in [-0.39, 0.29) is 16.1 Å². The highest BCUT2D eigenvalue weighted by Gasteiger charge is 2.30. The van der Waals surface area contributed by atoms with Crippen LogP contribution in [-0.4, -0.2) is 23.0 Å². The van der Waals surface area contributed by atoms with Crippen molar-refractivity contribution in [3.63, 3.8) is 0 Å². The molecule has 120 valence electrons. The normalized spacial score (nSPS) is 13.1. The van der Waals surface area contributed by atoms with Crippen LogP contribution in [0.15, 0.2) is 0 Å². The topological polar surface area (TPSA) is 29.1 Å². The van der Waals surface area contributed by atoms with Gasteiger partial charge in [0.2, 0.25) is 5.91 Å². The standard InChI is InChI=1S/C16H33NOS2/c1-12(2)9-15(5,6)14(18)17-11-16(7,8)20-19-10-13(3)4/h12-13H,9-11H2,1-8H3,(H,17,18). The Balaban J connectivity index is 4.21. The van der Waals surface area contributed by atoms with Crippen molar-refractivity contribution in [3.8, 4) is 0 Å². The molecule has 0 aromatic carbocycles. The maximum absolute atomic E-state index is 12.3. The second kappa shape index (κ2) is 8.57. The molecule has 1 amide bonds. The van der Waals surface area contributed by atoms with Crippen LogP contribution in [0.4, 0.5) is 0 Å². The molecule has 0 fully saturated rings. The Labute approximate surface area is 134 Å². The predicted octanol–water partition coefficient (Wildman–Crippen LogP) is 4.99. The van der Waals surface area contributed by atoms with Crippen LogP contribution >= 0.6 is 21.6 Å². The van der Waals surface area contributed by atoms with E-state index in [0.717, 1.165) is 18.7 Å². The Hall–Kier alpha value is 0.170. The van der Waals surface area contributed by atoms with Gasteiger partial charge in [-0.05, 0) is 32.1 Å². The molecule has 0 heterocycles. The summed E-state index contributed by atoms with van der Waals surface area (Å²) in [5.74, 6) is 2.58. The predicted molar refractivity (Wildman–Crippen MR) is 95.2 cm³/mol. The van der Waals surface area contributed by atoms with Gasteiger partial charge in [-0.1, -0.05) is 63.1 Å². The molecular formula is C16H33NOS2. The van der Waals surface area contributed by atoms with Crippen LogP contribution in [0.1, 0.15) is 61.8 Å². The zero-order valence-electron chi connectivity index (χ0n) is 14.5. The van der Waals surface area contributed by atoms with Crippen LogP contribution in [-0.2, 0) is 4.79 Å². The quantitative estimate of drug-likeness (QED) is 0.607. The third kappa shape index (κ3) is 9.17. The molecular weight excluding hydrogens is 286 g/mol. The van der Waals surface area contributed by atoms with E-state index >= 15 is 0 Å². The lowest BCUT2D eigenvalue weighted by atomic mass is 9.83. The van der Waals surface area contributed by atoms with E-state index in [9.17, 15) is 4.79 Å². The molecule has 4 heteroatoms. The van der Waals surface area contributed by atoms with Crippen LogP contribution in [0, 0.1) is 17.3 Å². The minimum absolute atomic E-state index is 0.0725. The summed E-state index contributed by atoms with van der Waals surface area (Å²) < 4.78 is 0.0725.